The number of aldehydes is 1. The van der Waals surface area contributed by atoms with Crippen LogP contribution in [0.5, 0.6) is 0 Å². The molecule has 0 aliphatic heterocycles. The number of anilines is 1. The summed E-state index contributed by atoms with van der Waals surface area (Å²) in [6, 6.07) is 6.56. The van der Waals surface area contributed by atoms with Crippen molar-refractivity contribution in [2.45, 2.75) is 12.6 Å². The number of halogens is 3. The Bertz CT molecular complexity index is 362. The molecule has 0 amide bonds. The second kappa shape index (κ2) is 5.01. The van der Waals surface area contributed by atoms with Crippen molar-refractivity contribution in [3.63, 3.8) is 0 Å². The number of hydrogen-bond acceptors (Lipinski definition) is 2. The van der Waals surface area contributed by atoms with Crippen LogP contribution in [0.25, 0.3) is 0 Å². The summed E-state index contributed by atoms with van der Waals surface area (Å²) in [6.07, 6.45) is -4.43. The molecule has 0 saturated heterocycles. The van der Waals surface area contributed by atoms with Crippen molar-refractivity contribution >= 4 is 12.0 Å². The third-order valence-electron chi connectivity index (χ3n) is 2.21. The minimum absolute atomic E-state index is 0.158. The van der Waals surface area contributed by atoms with Gasteiger partial charge in [0, 0.05) is 24.8 Å². The predicted molar refractivity (Wildman–Crippen MR) is 55.8 cm³/mol. The van der Waals surface area contributed by atoms with Gasteiger partial charge in [0.05, 0.1) is 6.42 Å². The molecule has 0 atom stereocenters. The fraction of sp³-hybridized carbons (Fsp3) is 0.364. The maximum absolute atomic E-state index is 12.0. The average Bonchev–Trinajstić information content (AvgIpc) is 2.25. The van der Waals surface area contributed by atoms with Gasteiger partial charge in [-0.25, -0.2) is 0 Å². The highest BCUT2D eigenvalue weighted by molar-refractivity contribution is 5.84. The second-order valence-electron chi connectivity index (χ2n) is 3.46. The van der Waals surface area contributed by atoms with Crippen molar-refractivity contribution in [1.29, 1.82) is 0 Å². The lowest BCUT2D eigenvalue weighted by atomic mass is 10.2. The van der Waals surface area contributed by atoms with Gasteiger partial charge >= 0.3 is 6.18 Å². The van der Waals surface area contributed by atoms with Crippen molar-refractivity contribution in [1.82, 2.24) is 0 Å². The molecule has 88 valence electrons. The predicted octanol–water partition coefficient (Wildman–Crippen LogP) is 2.89. The van der Waals surface area contributed by atoms with E-state index in [-0.39, 0.29) is 6.54 Å². The number of benzene rings is 1. The molecule has 0 heterocycles. The number of hydrogen-bond donors (Lipinski definition) is 0. The van der Waals surface area contributed by atoms with Gasteiger partial charge in [0.2, 0.25) is 0 Å². The van der Waals surface area contributed by atoms with Gasteiger partial charge in [-0.3, -0.25) is 4.79 Å². The van der Waals surface area contributed by atoms with Crippen LogP contribution in [0.4, 0.5) is 18.9 Å². The zero-order valence-corrected chi connectivity index (χ0v) is 8.79. The topological polar surface area (TPSA) is 20.3 Å². The Balaban J connectivity index is 2.72. The van der Waals surface area contributed by atoms with E-state index in [9.17, 15) is 18.0 Å². The highest BCUT2D eigenvalue weighted by atomic mass is 19.4. The van der Waals surface area contributed by atoms with E-state index in [4.69, 9.17) is 0 Å². The highest BCUT2D eigenvalue weighted by Gasteiger charge is 2.27. The summed E-state index contributed by atoms with van der Waals surface area (Å²) in [5.74, 6) is 0. The summed E-state index contributed by atoms with van der Waals surface area (Å²) in [5.41, 5.74) is 0.911. The van der Waals surface area contributed by atoms with Crippen molar-refractivity contribution in [3.8, 4) is 0 Å². The van der Waals surface area contributed by atoms with Crippen molar-refractivity contribution in [2.75, 3.05) is 18.5 Å². The van der Waals surface area contributed by atoms with Crippen LogP contribution in [-0.4, -0.2) is 26.1 Å². The molecule has 0 unspecified atom stereocenters. The monoisotopic (exact) mass is 231 g/mol. The van der Waals surface area contributed by atoms with Crippen LogP contribution in [0, 0.1) is 0 Å². The first kappa shape index (κ1) is 12.5. The maximum atomic E-state index is 12.0. The Hall–Kier alpha value is -1.52. The zero-order chi connectivity index (χ0) is 12.2. The fourth-order valence-electron chi connectivity index (χ4n) is 1.35. The Morgan fingerprint density at radius 1 is 1.31 bits per heavy atom. The molecule has 5 heteroatoms. The normalized spacial score (nSPS) is 11.2. The Kier molecular flexibility index (Phi) is 3.93. The van der Waals surface area contributed by atoms with Crippen LogP contribution in [0.3, 0.4) is 0 Å². The number of carbonyl (C=O) groups is 1. The maximum Gasteiger partial charge on any atom is 0.390 e. The molecule has 0 spiro atoms. The largest absolute Gasteiger partial charge is 0.390 e. The van der Waals surface area contributed by atoms with Crippen LogP contribution < -0.4 is 4.90 Å². The van der Waals surface area contributed by atoms with E-state index in [0.29, 0.717) is 17.5 Å². The van der Waals surface area contributed by atoms with E-state index in [0.717, 1.165) is 0 Å². The molecule has 0 bridgehead atoms. The molecule has 0 fully saturated rings. The lowest BCUT2D eigenvalue weighted by Crippen LogP contribution is -2.24. The minimum Gasteiger partial charge on any atom is -0.374 e. The van der Waals surface area contributed by atoms with E-state index in [1.807, 2.05) is 0 Å². The number of alkyl halides is 3. The fourth-order valence-corrected chi connectivity index (χ4v) is 1.35. The van der Waals surface area contributed by atoms with Crippen molar-refractivity contribution in [3.05, 3.63) is 29.8 Å². The first-order chi connectivity index (χ1) is 7.44. The van der Waals surface area contributed by atoms with Crippen molar-refractivity contribution < 1.29 is 18.0 Å². The van der Waals surface area contributed by atoms with Crippen LogP contribution in [0.15, 0.2) is 24.3 Å². The quantitative estimate of drug-likeness (QED) is 0.742. The molecular formula is C11H12F3NO. The molecule has 2 nitrogen and oxygen atoms in total. The van der Waals surface area contributed by atoms with Gasteiger partial charge < -0.3 is 4.90 Å². The van der Waals surface area contributed by atoms with E-state index >= 15 is 0 Å². The third kappa shape index (κ3) is 3.56. The van der Waals surface area contributed by atoms with Gasteiger partial charge in [0.25, 0.3) is 0 Å². The lowest BCUT2D eigenvalue weighted by molar-refractivity contribution is -0.132. The molecule has 0 N–H and O–H groups in total. The second-order valence-corrected chi connectivity index (χ2v) is 3.46. The summed E-state index contributed by atoms with van der Waals surface area (Å²) < 4.78 is 36.1. The third-order valence-corrected chi connectivity index (χ3v) is 2.21. The van der Waals surface area contributed by atoms with Crippen LogP contribution in [0.1, 0.15) is 16.8 Å². The molecule has 0 aliphatic rings. The highest BCUT2D eigenvalue weighted by Crippen LogP contribution is 2.23. The number of nitrogens with zero attached hydrogens (tertiary/aromatic N) is 1. The average molecular weight is 231 g/mol. The first-order valence-electron chi connectivity index (χ1n) is 4.76. The Morgan fingerprint density at radius 3 is 2.50 bits per heavy atom. The molecule has 0 aliphatic carbocycles. The van der Waals surface area contributed by atoms with Gasteiger partial charge in [-0.2, -0.15) is 13.2 Å². The Morgan fingerprint density at radius 2 is 1.94 bits per heavy atom. The smallest absolute Gasteiger partial charge is 0.374 e. The van der Waals surface area contributed by atoms with E-state index in [2.05, 4.69) is 0 Å². The van der Waals surface area contributed by atoms with Gasteiger partial charge in [-0.1, -0.05) is 12.1 Å². The number of carbonyl (C=O) groups excluding carboxylic acids is 1. The van der Waals surface area contributed by atoms with Gasteiger partial charge in [0.15, 0.2) is 6.29 Å². The molecule has 0 aromatic heterocycles. The van der Waals surface area contributed by atoms with E-state index < -0.39 is 12.6 Å². The van der Waals surface area contributed by atoms with Gasteiger partial charge in [-0.15, -0.1) is 0 Å². The molecule has 0 saturated carbocycles. The molecule has 1 aromatic carbocycles. The summed E-state index contributed by atoms with van der Waals surface area (Å²) >= 11 is 0. The summed E-state index contributed by atoms with van der Waals surface area (Å²) in [4.78, 5) is 12.1. The van der Waals surface area contributed by atoms with Crippen LogP contribution >= 0.6 is 0 Å². The van der Waals surface area contributed by atoms with E-state index in [1.165, 1.54) is 11.9 Å². The van der Waals surface area contributed by atoms with Gasteiger partial charge in [-0.05, 0) is 12.1 Å². The summed E-state index contributed by atoms with van der Waals surface area (Å²) in [7, 11) is 1.54. The van der Waals surface area contributed by atoms with Gasteiger partial charge in [0.1, 0.15) is 0 Å². The Labute approximate surface area is 91.7 Å². The first-order valence-corrected chi connectivity index (χ1v) is 4.76. The van der Waals surface area contributed by atoms with Crippen LogP contribution in [-0.2, 0) is 0 Å². The standard InChI is InChI=1S/C11H12F3NO/c1-15(7-6-11(12,13)14)10-5-3-2-4-9(10)8-16/h2-5,8H,6-7H2,1H3. The zero-order valence-electron chi connectivity index (χ0n) is 8.79. The number of para-hydroxylation sites is 1. The molecule has 16 heavy (non-hydrogen) atoms. The van der Waals surface area contributed by atoms with Crippen LogP contribution in [0.2, 0.25) is 0 Å². The molecule has 0 radical (unpaired) electrons. The summed E-state index contributed by atoms with van der Waals surface area (Å²) in [6.45, 7) is -0.158. The minimum atomic E-state index is -4.18. The molecule has 1 rings (SSSR count). The van der Waals surface area contributed by atoms with Crippen molar-refractivity contribution in [2.24, 2.45) is 0 Å². The molecule has 1 aromatic rings. The number of rotatable bonds is 4. The SMILES string of the molecule is CN(CCC(F)(F)F)c1ccccc1C=O. The lowest BCUT2D eigenvalue weighted by Gasteiger charge is -2.21. The molecular weight excluding hydrogens is 219 g/mol. The van der Waals surface area contributed by atoms with E-state index in [1.54, 1.807) is 24.3 Å². The summed E-state index contributed by atoms with van der Waals surface area (Å²) in [5, 5.41) is 0.